The van der Waals surface area contributed by atoms with Crippen molar-refractivity contribution in [1.29, 1.82) is 0 Å². The van der Waals surface area contributed by atoms with E-state index in [9.17, 15) is 19.5 Å². The van der Waals surface area contributed by atoms with E-state index < -0.39 is 17.8 Å². The largest absolute Gasteiger partial charge is 0.507 e. The highest BCUT2D eigenvalue weighted by Crippen LogP contribution is 2.27. The number of phenols is 1. The van der Waals surface area contributed by atoms with Crippen molar-refractivity contribution in [2.45, 2.75) is 13.8 Å². The summed E-state index contributed by atoms with van der Waals surface area (Å²) in [5.74, 6) is -1.75. The van der Waals surface area contributed by atoms with Crippen LogP contribution in [-0.4, -0.2) is 23.0 Å². The number of urea groups is 1. The number of halogens is 1. The predicted octanol–water partition coefficient (Wildman–Crippen LogP) is 3.33. The molecule has 0 aromatic heterocycles. The normalized spacial score (nSPS) is 16.2. The molecule has 0 bridgehead atoms. The summed E-state index contributed by atoms with van der Waals surface area (Å²) in [6.07, 6.45) is 1.21. The molecule has 1 saturated heterocycles. The summed E-state index contributed by atoms with van der Waals surface area (Å²) < 4.78 is 0. The van der Waals surface area contributed by atoms with E-state index in [0.29, 0.717) is 10.7 Å². The summed E-state index contributed by atoms with van der Waals surface area (Å²) in [5.41, 5.74) is 2.18. The van der Waals surface area contributed by atoms with Gasteiger partial charge >= 0.3 is 6.03 Å². The first kappa shape index (κ1) is 17.7. The standard InChI is InChI=1S/C19H15ClN2O4/c1-10-3-5-14(7-11(10)2)22-18(25)15(17(24)21-19(22)26)9-12-8-13(20)4-6-16(12)23/h3-9,23H,1-2H3,(H,21,24,26)/b15-9+. The average molecular weight is 371 g/mol. The van der Waals surface area contributed by atoms with E-state index >= 15 is 0 Å². The van der Waals surface area contributed by atoms with Crippen molar-refractivity contribution >= 4 is 41.2 Å². The van der Waals surface area contributed by atoms with Gasteiger partial charge in [-0.25, -0.2) is 9.69 Å². The lowest BCUT2D eigenvalue weighted by atomic mass is 10.0. The second kappa shape index (κ2) is 6.65. The molecule has 0 spiro atoms. The molecule has 0 saturated carbocycles. The minimum atomic E-state index is -0.834. The number of imide groups is 2. The van der Waals surface area contributed by atoms with Crippen molar-refractivity contribution in [1.82, 2.24) is 5.32 Å². The average Bonchev–Trinajstić information content (AvgIpc) is 2.57. The van der Waals surface area contributed by atoms with Crippen molar-refractivity contribution in [3.05, 3.63) is 63.7 Å². The first-order valence-corrected chi connectivity index (χ1v) is 8.13. The molecule has 6 nitrogen and oxygen atoms in total. The molecule has 2 aromatic carbocycles. The van der Waals surface area contributed by atoms with Crippen LogP contribution < -0.4 is 10.2 Å². The van der Waals surface area contributed by atoms with Crippen molar-refractivity contribution in [2.24, 2.45) is 0 Å². The lowest BCUT2D eigenvalue weighted by molar-refractivity contribution is -0.122. The van der Waals surface area contributed by atoms with Crippen LogP contribution in [0.25, 0.3) is 6.08 Å². The summed E-state index contributed by atoms with van der Waals surface area (Å²) in [4.78, 5) is 38.1. The number of nitrogens with zero attached hydrogens (tertiary/aromatic N) is 1. The van der Waals surface area contributed by atoms with Gasteiger partial charge in [-0.05, 0) is 61.4 Å². The van der Waals surface area contributed by atoms with Crippen LogP contribution >= 0.6 is 11.6 Å². The Morgan fingerprint density at radius 1 is 1.04 bits per heavy atom. The Labute approximate surface area is 154 Å². The third-order valence-corrected chi connectivity index (χ3v) is 4.37. The number of hydrogen-bond acceptors (Lipinski definition) is 4. The lowest BCUT2D eigenvalue weighted by Crippen LogP contribution is -2.54. The second-order valence-electron chi connectivity index (χ2n) is 5.93. The number of barbiturate groups is 1. The number of carbonyl (C=O) groups excluding carboxylic acids is 3. The van der Waals surface area contributed by atoms with Crippen LogP contribution in [0.15, 0.2) is 42.0 Å². The van der Waals surface area contributed by atoms with Gasteiger partial charge in [0, 0.05) is 10.6 Å². The third kappa shape index (κ3) is 3.19. The fourth-order valence-corrected chi connectivity index (χ4v) is 2.73. The topological polar surface area (TPSA) is 86.7 Å². The number of aryl methyl sites for hydroxylation is 2. The molecule has 1 aliphatic rings. The van der Waals surface area contributed by atoms with Gasteiger partial charge in [0.1, 0.15) is 11.3 Å². The van der Waals surface area contributed by atoms with Gasteiger partial charge in [-0.2, -0.15) is 0 Å². The molecule has 1 aliphatic heterocycles. The summed E-state index contributed by atoms with van der Waals surface area (Å²) in [7, 11) is 0. The number of phenolic OH excluding ortho intramolecular Hbond substituents is 1. The highest BCUT2D eigenvalue weighted by Gasteiger charge is 2.37. The van der Waals surface area contributed by atoms with Crippen LogP contribution in [0.5, 0.6) is 5.75 Å². The predicted molar refractivity (Wildman–Crippen MR) is 98.0 cm³/mol. The first-order chi connectivity index (χ1) is 12.3. The fraction of sp³-hybridized carbons (Fsp3) is 0.105. The number of carbonyl (C=O) groups is 3. The number of aromatic hydroxyl groups is 1. The zero-order chi connectivity index (χ0) is 19.0. The minimum Gasteiger partial charge on any atom is -0.507 e. The van der Waals surface area contributed by atoms with Crippen molar-refractivity contribution in [2.75, 3.05) is 4.90 Å². The molecule has 1 heterocycles. The second-order valence-corrected chi connectivity index (χ2v) is 6.37. The zero-order valence-electron chi connectivity index (χ0n) is 14.0. The molecule has 3 rings (SSSR count). The molecule has 0 aliphatic carbocycles. The van der Waals surface area contributed by atoms with Gasteiger partial charge in [-0.15, -0.1) is 0 Å². The van der Waals surface area contributed by atoms with E-state index in [0.717, 1.165) is 16.0 Å². The maximum absolute atomic E-state index is 12.8. The van der Waals surface area contributed by atoms with Gasteiger partial charge < -0.3 is 5.11 Å². The van der Waals surface area contributed by atoms with Gasteiger partial charge in [-0.1, -0.05) is 17.7 Å². The Balaban J connectivity index is 2.07. The summed E-state index contributed by atoms with van der Waals surface area (Å²) >= 11 is 5.90. The third-order valence-electron chi connectivity index (χ3n) is 4.14. The Kier molecular flexibility index (Phi) is 4.52. The van der Waals surface area contributed by atoms with Crippen LogP contribution in [-0.2, 0) is 9.59 Å². The number of rotatable bonds is 2. The molecule has 26 heavy (non-hydrogen) atoms. The van der Waals surface area contributed by atoms with Crippen LogP contribution in [0, 0.1) is 13.8 Å². The maximum Gasteiger partial charge on any atom is 0.335 e. The highest BCUT2D eigenvalue weighted by molar-refractivity contribution is 6.39. The van der Waals surface area contributed by atoms with Crippen molar-refractivity contribution < 1.29 is 19.5 Å². The van der Waals surface area contributed by atoms with Crippen molar-refractivity contribution in [3.63, 3.8) is 0 Å². The monoisotopic (exact) mass is 370 g/mol. The molecule has 2 N–H and O–H groups in total. The molecule has 0 unspecified atom stereocenters. The number of benzene rings is 2. The lowest BCUT2D eigenvalue weighted by Gasteiger charge is -2.26. The number of amides is 4. The van der Waals surface area contributed by atoms with E-state index in [-0.39, 0.29) is 16.9 Å². The zero-order valence-corrected chi connectivity index (χ0v) is 14.8. The molecule has 0 radical (unpaired) electrons. The van der Waals surface area contributed by atoms with Gasteiger partial charge in [-0.3, -0.25) is 14.9 Å². The van der Waals surface area contributed by atoms with E-state index in [1.54, 1.807) is 18.2 Å². The van der Waals surface area contributed by atoms with E-state index in [2.05, 4.69) is 5.32 Å². The maximum atomic E-state index is 12.8. The molecule has 0 atom stereocenters. The SMILES string of the molecule is Cc1ccc(N2C(=O)NC(=O)/C(=C\c3cc(Cl)ccc3O)C2=O)cc1C. The molecule has 7 heteroatoms. The summed E-state index contributed by atoms with van der Waals surface area (Å²) in [6, 6.07) is 8.53. The van der Waals surface area contributed by atoms with E-state index in [4.69, 9.17) is 11.6 Å². The van der Waals surface area contributed by atoms with Gasteiger partial charge in [0.25, 0.3) is 11.8 Å². The number of hydrogen-bond donors (Lipinski definition) is 2. The van der Waals surface area contributed by atoms with Crippen LogP contribution in [0.4, 0.5) is 10.5 Å². The quantitative estimate of drug-likeness (QED) is 0.627. The van der Waals surface area contributed by atoms with Gasteiger partial charge in [0.15, 0.2) is 0 Å². The van der Waals surface area contributed by atoms with Crippen molar-refractivity contribution in [3.8, 4) is 5.75 Å². The molecular formula is C19H15ClN2O4. The Bertz CT molecular complexity index is 981. The fourth-order valence-electron chi connectivity index (χ4n) is 2.55. The summed E-state index contributed by atoms with van der Waals surface area (Å²) in [6.45, 7) is 3.77. The van der Waals surface area contributed by atoms with E-state index in [1.165, 1.54) is 24.3 Å². The van der Waals surface area contributed by atoms with Gasteiger partial charge in [0.2, 0.25) is 0 Å². The first-order valence-electron chi connectivity index (χ1n) is 7.75. The molecular weight excluding hydrogens is 356 g/mol. The Morgan fingerprint density at radius 2 is 1.77 bits per heavy atom. The van der Waals surface area contributed by atoms with E-state index in [1.807, 2.05) is 13.8 Å². The molecule has 4 amide bonds. The number of anilines is 1. The Morgan fingerprint density at radius 3 is 2.46 bits per heavy atom. The summed E-state index contributed by atoms with van der Waals surface area (Å²) in [5, 5.41) is 12.4. The molecule has 132 valence electrons. The van der Waals surface area contributed by atoms with Crippen LogP contribution in [0.3, 0.4) is 0 Å². The van der Waals surface area contributed by atoms with Crippen LogP contribution in [0.2, 0.25) is 5.02 Å². The van der Waals surface area contributed by atoms with Crippen LogP contribution in [0.1, 0.15) is 16.7 Å². The molecule has 2 aromatic rings. The Hall–Kier alpha value is -3.12. The molecule has 1 fully saturated rings. The number of nitrogens with one attached hydrogen (secondary N) is 1. The smallest absolute Gasteiger partial charge is 0.335 e. The van der Waals surface area contributed by atoms with Gasteiger partial charge in [0.05, 0.1) is 5.69 Å². The highest BCUT2D eigenvalue weighted by atomic mass is 35.5. The minimum absolute atomic E-state index is 0.142.